The summed E-state index contributed by atoms with van der Waals surface area (Å²) in [7, 11) is -2.33. The fourth-order valence-electron chi connectivity index (χ4n) is 2.16. The quantitative estimate of drug-likeness (QED) is 0.841. The Hall–Kier alpha value is -1.15. The highest BCUT2D eigenvalue weighted by molar-refractivity contribution is 7.89. The third-order valence-electron chi connectivity index (χ3n) is 3.44. The molecule has 1 atom stereocenters. The lowest BCUT2D eigenvalue weighted by Gasteiger charge is -2.17. The lowest BCUT2D eigenvalue weighted by atomic mass is 10.2. The van der Waals surface area contributed by atoms with Crippen LogP contribution < -0.4 is 5.32 Å². The number of hydrogen-bond acceptors (Lipinski definition) is 4. The molecule has 1 heterocycles. The van der Waals surface area contributed by atoms with Crippen LogP contribution in [-0.4, -0.2) is 51.5 Å². The molecular formula is C14H19ClN2O4S. The van der Waals surface area contributed by atoms with Gasteiger partial charge in [0.2, 0.25) is 15.9 Å². The van der Waals surface area contributed by atoms with Gasteiger partial charge >= 0.3 is 0 Å². The molecule has 1 amide bonds. The van der Waals surface area contributed by atoms with Crippen LogP contribution in [0, 0.1) is 0 Å². The first kappa shape index (κ1) is 17.2. The van der Waals surface area contributed by atoms with E-state index in [1.165, 1.54) is 31.3 Å². The van der Waals surface area contributed by atoms with Crippen molar-refractivity contribution in [3.05, 3.63) is 29.3 Å². The van der Waals surface area contributed by atoms with E-state index >= 15 is 0 Å². The minimum Gasteiger partial charge on any atom is -0.376 e. The number of carbonyl (C=O) groups excluding carboxylic acids is 1. The maximum absolute atomic E-state index is 12.3. The van der Waals surface area contributed by atoms with Crippen molar-refractivity contribution >= 4 is 27.5 Å². The molecule has 122 valence electrons. The molecule has 1 saturated heterocycles. The Bertz CT molecular complexity index is 612. The van der Waals surface area contributed by atoms with Gasteiger partial charge in [-0.25, -0.2) is 8.42 Å². The predicted octanol–water partition coefficient (Wildman–Crippen LogP) is 1.26. The van der Waals surface area contributed by atoms with Gasteiger partial charge in [-0.3, -0.25) is 4.79 Å². The molecule has 1 aliphatic rings. The SMILES string of the molecule is CN(CC(=O)NC[C@H]1CCCO1)S(=O)(=O)c1ccc(Cl)cc1. The van der Waals surface area contributed by atoms with E-state index in [-0.39, 0.29) is 23.5 Å². The molecule has 0 bridgehead atoms. The van der Waals surface area contributed by atoms with Crippen LogP contribution in [0.25, 0.3) is 0 Å². The number of hydrogen-bond donors (Lipinski definition) is 1. The minimum absolute atomic E-state index is 0.0297. The average molecular weight is 347 g/mol. The van der Waals surface area contributed by atoms with Crippen LogP contribution in [0.1, 0.15) is 12.8 Å². The van der Waals surface area contributed by atoms with Gasteiger partial charge in [-0.1, -0.05) is 11.6 Å². The number of sulfonamides is 1. The van der Waals surface area contributed by atoms with Gasteiger partial charge in [-0.2, -0.15) is 4.31 Å². The zero-order valence-corrected chi connectivity index (χ0v) is 13.9. The van der Waals surface area contributed by atoms with Crippen LogP contribution in [-0.2, 0) is 19.6 Å². The van der Waals surface area contributed by atoms with Crippen molar-refractivity contribution in [1.29, 1.82) is 0 Å². The lowest BCUT2D eigenvalue weighted by molar-refractivity contribution is -0.121. The standard InChI is InChI=1S/C14H19ClN2O4S/c1-17(10-14(18)16-9-12-3-2-8-21-12)22(19,20)13-6-4-11(15)5-7-13/h4-7,12H,2-3,8-10H2,1H3,(H,16,18)/t12-/m1/s1. The fourth-order valence-corrected chi connectivity index (χ4v) is 3.42. The molecule has 0 aliphatic carbocycles. The second-order valence-corrected chi connectivity index (χ2v) is 7.64. The first-order valence-corrected chi connectivity index (χ1v) is 8.81. The number of amides is 1. The Balaban J connectivity index is 1.90. The third kappa shape index (κ3) is 4.42. The van der Waals surface area contributed by atoms with E-state index in [1.54, 1.807) is 0 Å². The Labute approximate surface area is 135 Å². The largest absolute Gasteiger partial charge is 0.376 e. The smallest absolute Gasteiger partial charge is 0.243 e. The maximum Gasteiger partial charge on any atom is 0.243 e. The summed E-state index contributed by atoms with van der Waals surface area (Å²) in [5, 5.41) is 3.15. The van der Waals surface area contributed by atoms with E-state index in [1.807, 2.05) is 0 Å². The molecule has 1 aliphatic heterocycles. The monoisotopic (exact) mass is 346 g/mol. The van der Waals surface area contributed by atoms with Gasteiger partial charge < -0.3 is 10.1 Å². The first-order chi connectivity index (χ1) is 10.4. The number of likely N-dealkylation sites (N-methyl/N-ethyl adjacent to an activating group) is 1. The summed E-state index contributed by atoms with van der Waals surface area (Å²) in [5.74, 6) is -0.351. The summed E-state index contributed by atoms with van der Waals surface area (Å²) in [5.41, 5.74) is 0. The van der Waals surface area contributed by atoms with Gasteiger partial charge in [0.25, 0.3) is 0 Å². The second kappa shape index (κ2) is 7.41. The normalized spacial score (nSPS) is 18.6. The zero-order valence-electron chi connectivity index (χ0n) is 12.3. The molecule has 8 heteroatoms. The highest BCUT2D eigenvalue weighted by atomic mass is 35.5. The number of nitrogens with one attached hydrogen (secondary N) is 1. The molecule has 0 spiro atoms. The molecule has 22 heavy (non-hydrogen) atoms. The van der Waals surface area contributed by atoms with Crippen molar-refractivity contribution in [2.45, 2.75) is 23.8 Å². The van der Waals surface area contributed by atoms with Gasteiger partial charge in [0.1, 0.15) is 0 Å². The number of nitrogens with zero attached hydrogens (tertiary/aromatic N) is 1. The molecule has 2 rings (SSSR count). The Kier molecular flexibility index (Phi) is 5.80. The lowest BCUT2D eigenvalue weighted by Crippen LogP contribution is -2.40. The van der Waals surface area contributed by atoms with Crippen molar-refractivity contribution < 1.29 is 17.9 Å². The molecule has 1 fully saturated rings. The Morgan fingerprint density at radius 3 is 2.68 bits per heavy atom. The van der Waals surface area contributed by atoms with Crippen molar-refractivity contribution in [1.82, 2.24) is 9.62 Å². The van der Waals surface area contributed by atoms with Crippen LogP contribution in [0.5, 0.6) is 0 Å². The zero-order chi connectivity index (χ0) is 16.2. The van der Waals surface area contributed by atoms with Gasteiger partial charge in [-0.05, 0) is 37.1 Å². The molecule has 6 nitrogen and oxygen atoms in total. The van der Waals surface area contributed by atoms with Crippen LogP contribution in [0.3, 0.4) is 0 Å². The number of benzene rings is 1. The van der Waals surface area contributed by atoms with E-state index in [0.29, 0.717) is 18.2 Å². The number of carbonyl (C=O) groups is 1. The van der Waals surface area contributed by atoms with Crippen LogP contribution in [0.2, 0.25) is 5.02 Å². The highest BCUT2D eigenvalue weighted by Crippen LogP contribution is 2.17. The van der Waals surface area contributed by atoms with Crippen molar-refractivity contribution in [2.24, 2.45) is 0 Å². The summed E-state index contributed by atoms with van der Waals surface area (Å²) in [6.07, 6.45) is 1.94. The number of rotatable bonds is 6. The van der Waals surface area contributed by atoms with Crippen molar-refractivity contribution in [2.75, 3.05) is 26.7 Å². The first-order valence-electron chi connectivity index (χ1n) is 7.00. The molecule has 1 aromatic carbocycles. The topological polar surface area (TPSA) is 75.7 Å². The number of ether oxygens (including phenoxy) is 1. The van der Waals surface area contributed by atoms with Gasteiger partial charge in [-0.15, -0.1) is 0 Å². The van der Waals surface area contributed by atoms with Crippen LogP contribution >= 0.6 is 11.6 Å². The fraction of sp³-hybridized carbons (Fsp3) is 0.500. The summed E-state index contributed by atoms with van der Waals surface area (Å²) >= 11 is 5.74. The molecule has 1 N–H and O–H groups in total. The molecule has 0 unspecified atom stereocenters. The van der Waals surface area contributed by atoms with E-state index in [4.69, 9.17) is 16.3 Å². The second-order valence-electron chi connectivity index (χ2n) is 5.15. The molecular weight excluding hydrogens is 328 g/mol. The molecule has 0 radical (unpaired) electrons. The summed E-state index contributed by atoms with van der Waals surface area (Å²) < 4.78 is 31.0. The Morgan fingerprint density at radius 1 is 1.41 bits per heavy atom. The predicted molar refractivity (Wildman–Crippen MR) is 83.3 cm³/mol. The molecule has 0 aromatic heterocycles. The molecule has 1 aromatic rings. The minimum atomic E-state index is -3.71. The highest BCUT2D eigenvalue weighted by Gasteiger charge is 2.23. The van der Waals surface area contributed by atoms with E-state index < -0.39 is 10.0 Å². The number of halogens is 1. The van der Waals surface area contributed by atoms with Crippen LogP contribution in [0.4, 0.5) is 0 Å². The molecule has 0 saturated carbocycles. The maximum atomic E-state index is 12.3. The van der Waals surface area contributed by atoms with E-state index in [2.05, 4.69) is 5.32 Å². The van der Waals surface area contributed by atoms with E-state index in [0.717, 1.165) is 17.1 Å². The van der Waals surface area contributed by atoms with Crippen molar-refractivity contribution in [3.63, 3.8) is 0 Å². The average Bonchev–Trinajstić information content (AvgIpc) is 2.99. The van der Waals surface area contributed by atoms with E-state index in [9.17, 15) is 13.2 Å². The van der Waals surface area contributed by atoms with Crippen molar-refractivity contribution in [3.8, 4) is 0 Å². The third-order valence-corrected chi connectivity index (χ3v) is 5.51. The van der Waals surface area contributed by atoms with Crippen LogP contribution in [0.15, 0.2) is 29.2 Å². The van der Waals surface area contributed by atoms with Gasteiger partial charge in [0.15, 0.2) is 0 Å². The summed E-state index contributed by atoms with van der Waals surface area (Å²) in [6, 6.07) is 5.83. The summed E-state index contributed by atoms with van der Waals surface area (Å²) in [6.45, 7) is 0.886. The van der Waals surface area contributed by atoms with Gasteiger partial charge in [0, 0.05) is 25.2 Å². The Morgan fingerprint density at radius 2 is 2.09 bits per heavy atom. The van der Waals surface area contributed by atoms with Gasteiger partial charge in [0.05, 0.1) is 17.5 Å². The summed E-state index contributed by atoms with van der Waals surface area (Å²) in [4.78, 5) is 12.0.